The van der Waals surface area contributed by atoms with Crippen LogP contribution < -0.4 is 82.7 Å². The summed E-state index contributed by atoms with van der Waals surface area (Å²) in [5, 5.41) is 21.1. The topological polar surface area (TPSA) is 519 Å². The molecule has 524 valence electrons. The maximum atomic E-state index is 14.7. The molecule has 0 radical (unpaired) electrons. The number of nitrogens with zero attached hydrogens (tertiary/aromatic N) is 3. The molecule has 31 nitrogen and oxygen atoms in total. The van der Waals surface area contributed by atoms with Gasteiger partial charge < -0.3 is 92.5 Å². The molecule has 32 heteroatoms. The summed E-state index contributed by atoms with van der Waals surface area (Å²) in [6, 6.07) is 4.51. The van der Waals surface area contributed by atoms with Gasteiger partial charge in [-0.3, -0.25) is 67.3 Å². The summed E-state index contributed by atoms with van der Waals surface area (Å²) in [7, 11) is 0. The van der Waals surface area contributed by atoms with Gasteiger partial charge in [-0.25, -0.2) is 0 Å². The van der Waals surface area contributed by atoms with Crippen molar-refractivity contribution >= 4 is 94.5 Å². The van der Waals surface area contributed by atoms with Crippen LogP contribution in [0.4, 0.5) is 0 Å². The van der Waals surface area contributed by atoms with E-state index in [9.17, 15) is 62.3 Å². The Morgan fingerprint density at radius 2 is 1.01 bits per heavy atom. The van der Waals surface area contributed by atoms with Crippen molar-refractivity contribution in [2.24, 2.45) is 51.0 Å². The number of aliphatic imine (C=N–C) groups is 1. The number of amides is 13. The SMILES string of the molecule is CSCC[C@H](NC(=O)[C@@H](CC(C)C)NC(=O)CNC(=O)[C@@H](Cc1ccccc1)NC(=O)[C@@H](Cc1ccccc1)NC(=O)[C@H](CCC(N)=O)NC(=O)[C@H](CCC(N)=O)NC(=O)[C@@H]1CCCN1C(=O)[C@H](CCCCN)NC(=O)[C@@H]1CCCN1C(=O)[C@H](N)CCCN=C(N)N)C(N)=O. The third kappa shape index (κ3) is 27.5. The second kappa shape index (κ2) is 41.0. The second-order valence-electron chi connectivity index (χ2n) is 24.1. The first-order chi connectivity index (χ1) is 45.2. The molecule has 0 aliphatic carbocycles. The largest absolute Gasteiger partial charge is 0.370 e. The van der Waals surface area contributed by atoms with Crippen molar-refractivity contribution in [2.75, 3.05) is 44.7 Å². The van der Waals surface area contributed by atoms with E-state index in [1.54, 1.807) is 60.7 Å². The van der Waals surface area contributed by atoms with Gasteiger partial charge in [0.2, 0.25) is 76.8 Å². The summed E-state index contributed by atoms with van der Waals surface area (Å²) < 4.78 is 0. The summed E-state index contributed by atoms with van der Waals surface area (Å²) in [6.07, 6.45) is 3.12. The molecule has 2 aliphatic heterocycles. The predicted molar refractivity (Wildman–Crippen MR) is 356 cm³/mol. The standard InChI is InChI=1S/C63H98N18O13S/c1-37(2)33-45(57(89)74-41(53(68)85)27-32-95-3)73-52(84)36-72-54(86)46(34-38-15-6-4-7-16-38)78-58(90)47(35-39-17-8-5-9-18-39)79-56(88)42(23-25-50(66)82)75-55(87)43(24-26-51(67)83)76-59(91)49-22-14-31-81(49)62(94)44(20-10-11-28-64)77-60(92)48-21-13-30-80(48)61(93)40(65)19-12-29-71-63(69)70/h4-9,15-18,37,40-49H,10-14,19-36,64-65H2,1-3H3,(H2,66,82)(H2,67,83)(H2,68,85)(H,72,86)(H,73,84)(H,74,89)(H,75,87)(H,76,91)(H,77,92)(H,78,90)(H,79,88)(H4,69,70,71)/t40-,41+,42+,43+,44+,45-,46-,47-,48+,49+/m1/s1. The number of benzene rings is 2. The highest BCUT2D eigenvalue weighted by Gasteiger charge is 2.42. The first-order valence-corrected chi connectivity index (χ1v) is 33.6. The molecule has 4 rings (SSSR count). The molecule has 10 atom stereocenters. The van der Waals surface area contributed by atoms with Crippen LogP contribution in [0.15, 0.2) is 65.7 Å². The Bertz CT molecular complexity index is 2960. The Kier molecular flexibility index (Phi) is 33.9. The number of unbranched alkanes of at least 4 members (excludes halogenated alkanes) is 1. The Morgan fingerprint density at radius 1 is 0.537 bits per heavy atom. The first kappa shape index (κ1) is 78.5. The molecule has 2 fully saturated rings. The van der Waals surface area contributed by atoms with Gasteiger partial charge in [-0.15, -0.1) is 0 Å². The summed E-state index contributed by atoms with van der Waals surface area (Å²) in [6.45, 7) is 3.86. The van der Waals surface area contributed by atoms with E-state index in [4.69, 9.17) is 40.1 Å². The van der Waals surface area contributed by atoms with E-state index in [0.29, 0.717) is 55.4 Å². The van der Waals surface area contributed by atoms with E-state index in [1.807, 2.05) is 20.1 Å². The molecule has 0 bridgehead atoms. The van der Waals surface area contributed by atoms with E-state index in [2.05, 4.69) is 47.5 Å². The monoisotopic (exact) mass is 1350 g/mol. The highest BCUT2D eigenvalue weighted by molar-refractivity contribution is 7.98. The maximum absolute atomic E-state index is 14.7. The zero-order chi connectivity index (χ0) is 70.1. The third-order valence-electron chi connectivity index (χ3n) is 16.0. The molecular weight excluding hydrogens is 1250 g/mol. The summed E-state index contributed by atoms with van der Waals surface area (Å²) in [4.78, 5) is 185. The fourth-order valence-electron chi connectivity index (χ4n) is 11.0. The number of hydrogen-bond acceptors (Lipinski definition) is 17. The van der Waals surface area contributed by atoms with Gasteiger partial charge in [0.15, 0.2) is 5.96 Å². The van der Waals surface area contributed by atoms with Crippen molar-refractivity contribution < 1.29 is 62.3 Å². The molecule has 2 aromatic rings. The molecule has 0 aromatic heterocycles. The van der Waals surface area contributed by atoms with Gasteiger partial charge in [-0.05, 0) is 119 Å². The third-order valence-corrected chi connectivity index (χ3v) is 16.7. The fourth-order valence-corrected chi connectivity index (χ4v) is 11.5. The number of carbonyl (C=O) groups is 13. The van der Waals surface area contributed by atoms with Gasteiger partial charge in [-0.1, -0.05) is 74.5 Å². The molecule has 0 spiro atoms. The van der Waals surface area contributed by atoms with Crippen molar-refractivity contribution in [1.82, 2.24) is 52.3 Å². The van der Waals surface area contributed by atoms with Crippen LogP contribution >= 0.6 is 11.8 Å². The van der Waals surface area contributed by atoms with Gasteiger partial charge in [0.1, 0.15) is 54.4 Å². The zero-order valence-corrected chi connectivity index (χ0v) is 55.3. The smallest absolute Gasteiger partial charge is 0.245 e. The highest BCUT2D eigenvalue weighted by atomic mass is 32.2. The molecular formula is C63H98N18O13S. The number of thioether (sulfide) groups is 1. The molecule has 22 N–H and O–H groups in total. The molecule has 2 aliphatic rings. The predicted octanol–water partition coefficient (Wildman–Crippen LogP) is -3.71. The quantitative estimate of drug-likeness (QED) is 0.0173. The minimum Gasteiger partial charge on any atom is -0.370 e. The Morgan fingerprint density at radius 3 is 1.51 bits per heavy atom. The number of carbonyl (C=O) groups excluding carboxylic acids is 13. The maximum Gasteiger partial charge on any atom is 0.245 e. The molecule has 95 heavy (non-hydrogen) atoms. The minimum atomic E-state index is -1.64. The van der Waals surface area contributed by atoms with Crippen LogP contribution in [-0.4, -0.2) is 198 Å². The van der Waals surface area contributed by atoms with Crippen molar-refractivity contribution in [3.63, 3.8) is 0 Å². The highest BCUT2D eigenvalue weighted by Crippen LogP contribution is 2.24. The van der Waals surface area contributed by atoms with Crippen LogP contribution in [0.1, 0.15) is 121 Å². The number of primary amides is 3. The molecule has 2 saturated heterocycles. The van der Waals surface area contributed by atoms with E-state index in [-0.39, 0.29) is 83.0 Å². The van der Waals surface area contributed by atoms with E-state index in [0.717, 1.165) is 0 Å². The van der Waals surface area contributed by atoms with Gasteiger partial charge in [0.25, 0.3) is 0 Å². The molecule has 0 saturated carbocycles. The van der Waals surface area contributed by atoms with Crippen LogP contribution in [-0.2, 0) is 75.2 Å². The lowest BCUT2D eigenvalue weighted by molar-refractivity contribution is -0.144. The number of nitrogens with one attached hydrogen (secondary N) is 8. The molecule has 2 heterocycles. The number of rotatable bonds is 42. The fraction of sp³-hybridized carbons (Fsp3) is 0.587. The molecule has 2 aromatic carbocycles. The van der Waals surface area contributed by atoms with Crippen LogP contribution in [0.2, 0.25) is 0 Å². The van der Waals surface area contributed by atoms with Crippen molar-refractivity contribution in [3.05, 3.63) is 71.8 Å². The normalized spacial score (nSPS) is 16.8. The lowest BCUT2D eigenvalue weighted by Gasteiger charge is -2.32. The van der Waals surface area contributed by atoms with Crippen LogP contribution in [0, 0.1) is 5.92 Å². The summed E-state index contributed by atoms with van der Waals surface area (Å²) >= 11 is 1.45. The van der Waals surface area contributed by atoms with Gasteiger partial charge in [0, 0.05) is 45.3 Å². The van der Waals surface area contributed by atoms with Crippen LogP contribution in [0.3, 0.4) is 0 Å². The second-order valence-corrected chi connectivity index (χ2v) is 25.1. The van der Waals surface area contributed by atoms with E-state index < -0.39 is 169 Å². The lowest BCUT2D eigenvalue weighted by Crippen LogP contribution is -2.60. The van der Waals surface area contributed by atoms with E-state index in [1.165, 1.54) is 21.6 Å². The van der Waals surface area contributed by atoms with Crippen molar-refractivity contribution in [2.45, 2.75) is 183 Å². The van der Waals surface area contributed by atoms with Gasteiger partial charge >= 0.3 is 0 Å². The minimum absolute atomic E-state index is 0.0736. The Balaban J connectivity index is 1.56. The average Bonchev–Trinajstić information content (AvgIpc) is 1.74. The van der Waals surface area contributed by atoms with E-state index >= 15 is 0 Å². The number of hydrogen-bond donors (Lipinski definition) is 15. The number of likely N-dealkylation sites (tertiary alicyclic amines) is 2. The van der Waals surface area contributed by atoms with Crippen LogP contribution in [0.25, 0.3) is 0 Å². The number of nitrogens with two attached hydrogens (primary N) is 7. The first-order valence-electron chi connectivity index (χ1n) is 32.2. The van der Waals surface area contributed by atoms with Crippen molar-refractivity contribution in [3.8, 4) is 0 Å². The average molecular weight is 1350 g/mol. The molecule has 0 unspecified atom stereocenters. The zero-order valence-electron chi connectivity index (χ0n) is 54.5. The Hall–Kier alpha value is -8.91. The van der Waals surface area contributed by atoms with Gasteiger partial charge in [0.05, 0.1) is 12.6 Å². The molecule has 13 amide bonds. The lowest BCUT2D eigenvalue weighted by atomic mass is 10.0. The number of guanidine groups is 1. The Labute approximate surface area is 558 Å². The van der Waals surface area contributed by atoms with Gasteiger partial charge in [-0.2, -0.15) is 11.8 Å². The summed E-state index contributed by atoms with van der Waals surface area (Å²) in [5.41, 5.74) is 40.6. The van der Waals surface area contributed by atoms with Crippen LogP contribution in [0.5, 0.6) is 0 Å². The van der Waals surface area contributed by atoms with Crippen molar-refractivity contribution in [1.29, 1.82) is 0 Å². The summed E-state index contributed by atoms with van der Waals surface area (Å²) in [5.74, 6) is -9.80.